The molecule has 4 nitrogen and oxygen atoms in total. The van der Waals surface area contributed by atoms with Crippen molar-refractivity contribution in [2.75, 3.05) is 13.1 Å². The first-order chi connectivity index (χ1) is 8.22. The van der Waals surface area contributed by atoms with Crippen LogP contribution in [-0.2, 0) is 4.79 Å². The van der Waals surface area contributed by atoms with E-state index in [9.17, 15) is 4.79 Å². The minimum atomic E-state index is 0.230. The molecule has 0 atom stereocenters. The van der Waals surface area contributed by atoms with Crippen molar-refractivity contribution >= 4 is 17.5 Å². The van der Waals surface area contributed by atoms with Crippen LogP contribution >= 0.6 is 11.6 Å². The van der Waals surface area contributed by atoms with Gasteiger partial charge in [0.25, 0.3) is 0 Å². The molecule has 0 unspecified atom stereocenters. The lowest BCUT2D eigenvalue weighted by atomic mass is 9.93. The van der Waals surface area contributed by atoms with Crippen LogP contribution in [0.2, 0.25) is 5.15 Å². The molecule has 5 heteroatoms. The van der Waals surface area contributed by atoms with E-state index in [1.807, 2.05) is 11.8 Å². The molecule has 2 heterocycles. The van der Waals surface area contributed by atoms with Crippen LogP contribution in [0.15, 0.2) is 12.4 Å². The predicted molar refractivity (Wildman–Crippen MR) is 65.9 cm³/mol. The van der Waals surface area contributed by atoms with Crippen LogP contribution in [0.1, 0.15) is 37.8 Å². The fraction of sp³-hybridized carbons (Fsp3) is 0.583. The second-order valence-electron chi connectivity index (χ2n) is 4.24. The van der Waals surface area contributed by atoms with Crippen LogP contribution in [0.25, 0.3) is 0 Å². The van der Waals surface area contributed by atoms with E-state index in [2.05, 4.69) is 9.97 Å². The van der Waals surface area contributed by atoms with Gasteiger partial charge < -0.3 is 4.90 Å². The molecule has 1 fully saturated rings. The number of rotatable bonds is 2. The van der Waals surface area contributed by atoms with Gasteiger partial charge in [0, 0.05) is 37.8 Å². The number of hydrogen-bond donors (Lipinski definition) is 0. The SMILES string of the molecule is CCC(=O)N1CCC(c2nccnc2Cl)CC1. The summed E-state index contributed by atoms with van der Waals surface area (Å²) in [7, 11) is 0. The number of carbonyl (C=O) groups is 1. The number of nitrogens with zero attached hydrogens (tertiary/aromatic N) is 3. The maximum Gasteiger partial charge on any atom is 0.222 e. The van der Waals surface area contributed by atoms with Crippen molar-refractivity contribution in [1.82, 2.24) is 14.9 Å². The van der Waals surface area contributed by atoms with Gasteiger partial charge in [0.05, 0.1) is 5.69 Å². The number of piperidine rings is 1. The number of likely N-dealkylation sites (tertiary alicyclic amines) is 1. The molecule has 1 aromatic heterocycles. The summed E-state index contributed by atoms with van der Waals surface area (Å²) in [5.74, 6) is 0.561. The highest BCUT2D eigenvalue weighted by molar-refractivity contribution is 6.30. The molecule has 1 amide bonds. The third-order valence-corrected chi connectivity index (χ3v) is 3.51. The van der Waals surface area contributed by atoms with Gasteiger partial charge in [0.15, 0.2) is 5.15 Å². The van der Waals surface area contributed by atoms with Gasteiger partial charge in [-0.2, -0.15) is 0 Å². The minimum Gasteiger partial charge on any atom is -0.343 e. The highest BCUT2D eigenvalue weighted by Gasteiger charge is 2.25. The highest BCUT2D eigenvalue weighted by atomic mass is 35.5. The van der Waals surface area contributed by atoms with Crippen molar-refractivity contribution < 1.29 is 4.79 Å². The van der Waals surface area contributed by atoms with Gasteiger partial charge in [-0.1, -0.05) is 18.5 Å². The Labute approximate surface area is 106 Å². The Hall–Kier alpha value is -1.16. The molecule has 1 aliphatic rings. The quantitative estimate of drug-likeness (QED) is 0.812. The lowest BCUT2D eigenvalue weighted by Gasteiger charge is -2.31. The van der Waals surface area contributed by atoms with Crippen LogP contribution in [0.5, 0.6) is 0 Å². The van der Waals surface area contributed by atoms with E-state index in [4.69, 9.17) is 11.6 Å². The van der Waals surface area contributed by atoms with Crippen LogP contribution in [0.4, 0.5) is 0 Å². The molecule has 0 radical (unpaired) electrons. The molecular formula is C12H16ClN3O. The Morgan fingerprint density at radius 1 is 1.41 bits per heavy atom. The lowest BCUT2D eigenvalue weighted by Crippen LogP contribution is -2.37. The molecule has 0 aliphatic carbocycles. The summed E-state index contributed by atoms with van der Waals surface area (Å²) in [6.07, 6.45) is 5.69. The first kappa shape index (κ1) is 12.3. The van der Waals surface area contributed by atoms with Crippen LogP contribution < -0.4 is 0 Å². The summed E-state index contributed by atoms with van der Waals surface area (Å²) in [5.41, 5.74) is 0.873. The summed E-state index contributed by atoms with van der Waals surface area (Å²) in [6, 6.07) is 0. The molecule has 2 rings (SSSR count). The number of halogens is 1. The third-order valence-electron chi connectivity index (χ3n) is 3.22. The van der Waals surface area contributed by atoms with Crippen molar-refractivity contribution in [3.8, 4) is 0 Å². The summed E-state index contributed by atoms with van der Waals surface area (Å²) < 4.78 is 0. The topological polar surface area (TPSA) is 46.1 Å². The summed E-state index contributed by atoms with van der Waals surface area (Å²) in [5, 5.41) is 0.493. The van der Waals surface area contributed by atoms with E-state index >= 15 is 0 Å². The average Bonchev–Trinajstić information content (AvgIpc) is 2.39. The Bertz CT molecular complexity index is 402. The molecule has 1 saturated heterocycles. The summed E-state index contributed by atoms with van der Waals surface area (Å²) in [6.45, 7) is 3.49. The Balaban J connectivity index is 2.00. The van der Waals surface area contributed by atoms with Crippen LogP contribution in [0, 0.1) is 0 Å². The highest BCUT2D eigenvalue weighted by Crippen LogP contribution is 2.30. The molecule has 1 aromatic rings. The zero-order valence-electron chi connectivity index (χ0n) is 9.90. The number of carbonyl (C=O) groups excluding carboxylic acids is 1. The molecule has 1 aliphatic heterocycles. The maximum atomic E-state index is 11.5. The second kappa shape index (κ2) is 5.45. The van der Waals surface area contributed by atoms with Crippen LogP contribution in [-0.4, -0.2) is 33.9 Å². The zero-order valence-corrected chi connectivity index (χ0v) is 10.7. The smallest absolute Gasteiger partial charge is 0.222 e. The van der Waals surface area contributed by atoms with Gasteiger partial charge in [0.2, 0.25) is 5.91 Å². The minimum absolute atomic E-state index is 0.230. The molecule has 17 heavy (non-hydrogen) atoms. The Kier molecular flexibility index (Phi) is 3.94. The second-order valence-corrected chi connectivity index (χ2v) is 4.60. The predicted octanol–water partition coefficient (Wildman–Crippen LogP) is 2.25. The molecule has 0 bridgehead atoms. The fourth-order valence-corrected chi connectivity index (χ4v) is 2.49. The molecule has 0 spiro atoms. The van der Waals surface area contributed by atoms with E-state index in [0.29, 0.717) is 17.5 Å². The van der Waals surface area contributed by atoms with E-state index < -0.39 is 0 Å². The lowest BCUT2D eigenvalue weighted by molar-refractivity contribution is -0.131. The number of aromatic nitrogens is 2. The van der Waals surface area contributed by atoms with E-state index in [1.165, 1.54) is 0 Å². The molecule has 0 saturated carbocycles. The third kappa shape index (κ3) is 2.75. The van der Waals surface area contributed by atoms with Crippen molar-refractivity contribution in [2.45, 2.75) is 32.1 Å². The van der Waals surface area contributed by atoms with E-state index in [-0.39, 0.29) is 5.91 Å². The van der Waals surface area contributed by atoms with Gasteiger partial charge in [-0.05, 0) is 12.8 Å². The standard InChI is InChI=1S/C12H16ClN3O/c1-2-10(17)16-7-3-9(4-8-16)11-12(13)15-6-5-14-11/h5-6,9H,2-4,7-8H2,1H3. The number of hydrogen-bond acceptors (Lipinski definition) is 3. The molecule has 92 valence electrons. The van der Waals surface area contributed by atoms with E-state index in [1.54, 1.807) is 12.4 Å². The molecule has 0 N–H and O–H groups in total. The molecular weight excluding hydrogens is 238 g/mol. The normalized spacial score (nSPS) is 17.2. The first-order valence-corrected chi connectivity index (χ1v) is 6.34. The zero-order chi connectivity index (χ0) is 12.3. The largest absolute Gasteiger partial charge is 0.343 e. The Morgan fingerprint density at radius 3 is 2.65 bits per heavy atom. The van der Waals surface area contributed by atoms with Crippen molar-refractivity contribution in [3.05, 3.63) is 23.2 Å². The number of amides is 1. The van der Waals surface area contributed by atoms with Crippen molar-refractivity contribution in [3.63, 3.8) is 0 Å². The van der Waals surface area contributed by atoms with Gasteiger partial charge in [-0.25, -0.2) is 4.98 Å². The molecule has 0 aromatic carbocycles. The van der Waals surface area contributed by atoms with Crippen LogP contribution in [0.3, 0.4) is 0 Å². The van der Waals surface area contributed by atoms with Crippen molar-refractivity contribution in [1.29, 1.82) is 0 Å². The van der Waals surface area contributed by atoms with Gasteiger partial charge in [-0.15, -0.1) is 0 Å². The van der Waals surface area contributed by atoms with Gasteiger partial charge >= 0.3 is 0 Å². The average molecular weight is 254 g/mol. The van der Waals surface area contributed by atoms with Gasteiger partial charge in [0.1, 0.15) is 0 Å². The first-order valence-electron chi connectivity index (χ1n) is 5.96. The summed E-state index contributed by atoms with van der Waals surface area (Å²) in [4.78, 5) is 21.8. The maximum absolute atomic E-state index is 11.5. The van der Waals surface area contributed by atoms with Gasteiger partial charge in [-0.3, -0.25) is 9.78 Å². The summed E-state index contributed by atoms with van der Waals surface area (Å²) >= 11 is 6.03. The van der Waals surface area contributed by atoms with Crippen molar-refractivity contribution in [2.24, 2.45) is 0 Å². The Morgan fingerprint density at radius 2 is 2.06 bits per heavy atom. The monoisotopic (exact) mass is 253 g/mol. The fourth-order valence-electron chi connectivity index (χ4n) is 2.23. The van der Waals surface area contributed by atoms with E-state index in [0.717, 1.165) is 31.6 Å².